The Bertz CT molecular complexity index is 818. The van der Waals surface area contributed by atoms with Gasteiger partial charge in [-0.1, -0.05) is 36.4 Å². The lowest BCUT2D eigenvalue weighted by atomic mass is 9.93. The molecule has 3 rings (SSSR count). The number of amides is 2. The zero-order valence-electron chi connectivity index (χ0n) is 13.4. The van der Waals surface area contributed by atoms with E-state index >= 15 is 0 Å². The summed E-state index contributed by atoms with van der Waals surface area (Å²) in [7, 11) is 3.91. The van der Waals surface area contributed by atoms with Gasteiger partial charge in [-0.15, -0.1) is 0 Å². The minimum absolute atomic E-state index is 0.337. The fourth-order valence-corrected chi connectivity index (χ4v) is 2.77. The smallest absolute Gasteiger partial charge is 0.259 e. The van der Waals surface area contributed by atoms with Crippen LogP contribution in [-0.4, -0.2) is 25.9 Å². The summed E-state index contributed by atoms with van der Waals surface area (Å²) in [6.45, 7) is 1.94. The number of rotatable bonds is 3. The van der Waals surface area contributed by atoms with E-state index in [-0.39, 0.29) is 11.8 Å². The third-order valence-electron chi connectivity index (χ3n) is 4.02. The number of hydrogen-bond donors (Lipinski definition) is 1. The molecule has 0 atom stereocenters. The highest BCUT2D eigenvalue weighted by Gasteiger charge is 2.32. The van der Waals surface area contributed by atoms with Gasteiger partial charge < -0.3 is 4.90 Å². The van der Waals surface area contributed by atoms with Crippen molar-refractivity contribution in [3.63, 3.8) is 0 Å². The fourth-order valence-electron chi connectivity index (χ4n) is 2.77. The number of aryl methyl sites for hydroxylation is 1. The molecular weight excluding hydrogens is 288 g/mol. The number of nitrogens with zero attached hydrogens (tertiary/aromatic N) is 1. The maximum Gasteiger partial charge on any atom is 0.259 e. The summed E-state index contributed by atoms with van der Waals surface area (Å²) in [5.41, 5.74) is 4.44. The van der Waals surface area contributed by atoms with Gasteiger partial charge in [-0.05, 0) is 35.7 Å². The molecular formula is C19H18N2O2. The summed E-state index contributed by atoms with van der Waals surface area (Å²) in [4.78, 5) is 26.6. The van der Waals surface area contributed by atoms with Gasteiger partial charge in [0, 0.05) is 19.8 Å². The summed E-state index contributed by atoms with van der Waals surface area (Å²) in [6.07, 6.45) is 0. The second kappa shape index (κ2) is 5.72. The van der Waals surface area contributed by atoms with Crippen molar-refractivity contribution >= 4 is 28.6 Å². The first kappa shape index (κ1) is 15.0. The van der Waals surface area contributed by atoms with Crippen LogP contribution in [0, 0.1) is 6.92 Å². The molecule has 2 amide bonds. The number of imide groups is 1. The highest BCUT2D eigenvalue weighted by atomic mass is 16.2. The number of carbonyl (C=O) groups is 2. The average molecular weight is 306 g/mol. The van der Waals surface area contributed by atoms with Crippen LogP contribution in [0.5, 0.6) is 0 Å². The van der Waals surface area contributed by atoms with Gasteiger partial charge in [0.2, 0.25) is 0 Å². The van der Waals surface area contributed by atoms with Crippen molar-refractivity contribution in [3.8, 4) is 0 Å². The minimum Gasteiger partial charge on any atom is -0.378 e. The Balaban J connectivity index is 2.18. The molecule has 1 N–H and O–H groups in total. The zero-order valence-corrected chi connectivity index (χ0v) is 13.4. The molecule has 0 saturated heterocycles. The molecule has 116 valence electrons. The Morgan fingerprint density at radius 3 is 2.04 bits per heavy atom. The van der Waals surface area contributed by atoms with E-state index in [1.54, 1.807) is 0 Å². The number of nitrogens with one attached hydrogen (secondary N) is 1. The molecule has 0 radical (unpaired) electrons. The normalized spacial score (nSPS) is 14.2. The fraction of sp³-hybridized carbons (Fsp3) is 0.158. The summed E-state index contributed by atoms with van der Waals surface area (Å²) >= 11 is 0. The van der Waals surface area contributed by atoms with E-state index in [2.05, 4.69) is 5.32 Å². The van der Waals surface area contributed by atoms with Crippen LogP contribution >= 0.6 is 0 Å². The van der Waals surface area contributed by atoms with E-state index in [1.165, 1.54) is 0 Å². The van der Waals surface area contributed by atoms with E-state index in [4.69, 9.17) is 0 Å². The Labute approximate surface area is 135 Å². The Morgan fingerprint density at radius 1 is 0.826 bits per heavy atom. The second-order valence-corrected chi connectivity index (χ2v) is 5.79. The SMILES string of the molecule is Cc1ccccc1C1=C(c2ccc(N(C)C)cc2)C(=O)NC1=O. The number of anilines is 1. The summed E-state index contributed by atoms with van der Waals surface area (Å²) in [5, 5.41) is 2.42. The van der Waals surface area contributed by atoms with E-state index in [9.17, 15) is 9.59 Å². The first-order chi connectivity index (χ1) is 11.0. The molecule has 0 bridgehead atoms. The van der Waals surface area contributed by atoms with Gasteiger partial charge >= 0.3 is 0 Å². The molecule has 0 aromatic heterocycles. The highest BCUT2D eigenvalue weighted by molar-refractivity contribution is 6.49. The average Bonchev–Trinajstić information content (AvgIpc) is 2.82. The lowest BCUT2D eigenvalue weighted by Gasteiger charge is -2.13. The predicted molar refractivity (Wildman–Crippen MR) is 91.9 cm³/mol. The van der Waals surface area contributed by atoms with E-state index < -0.39 is 0 Å². The van der Waals surface area contributed by atoms with E-state index in [0.717, 1.165) is 22.4 Å². The molecule has 0 aliphatic carbocycles. The second-order valence-electron chi connectivity index (χ2n) is 5.79. The molecule has 0 saturated carbocycles. The van der Waals surface area contributed by atoms with Gasteiger partial charge in [0.1, 0.15) is 0 Å². The van der Waals surface area contributed by atoms with Gasteiger partial charge in [0.25, 0.3) is 11.8 Å². The van der Waals surface area contributed by atoms with Crippen molar-refractivity contribution in [2.24, 2.45) is 0 Å². The van der Waals surface area contributed by atoms with Gasteiger partial charge in [-0.25, -0.2) is 0 Å². The standard InChI is InChI=1S/C19H18N2O2/c1-12-6-4-5-7-15(12)17-16(18(22)20-19(17)23)13-8-10-14(11-9-13)21(2)3/h4-11H,1-3H3,(H,20,22,23). The topological polar surface area (TPSA) is 49.4 Å². The largest absolute Gasteiger partial charge is 0.378 e. The number of hydrogen-bond acceptors (Lipinski definition) is 3. The van der Waals surface area contributed by atoms with Crippen LogP contribution in [0.1, 0.15) is 16.7 Å². The molecule has 0 spiro atoms. The van der Waals surface area contributed by atoms with Crippen LogP contribution in [-0.2, 0) is 9.59 Å². The lowest BCUT2D eigenvalue weighted by molar-refractivity contribution is -0.122. The predicted octanol–water partition coefficient (Wildman–Crippen LogP) is 2.63. The quantitative estimate of drug-likeness (QED) is 0.887. The monoisotopic (exact) mass is 306 g/mol. The zero-order chi connectivity index (χ0) is 16.6. The lowest BCUT2D eigenvalue weighted by Crippen LogP contribution is -2.22. The van der Waals surface area contributed by atoms with Crippen molar-refractivity contribution in [2.75, 3.05) is 19.0 Å². The van der Waals surface area contributed by atoms with E-state index in [1.807, 2.05) is 74.4 Å². The molecule has 2 aromatic rings. The molecule has 0 fully saturated rings. The van der Waals surface area contributed by atoms with E-state index in [0.29, 0.717) is 11.1 Å². The molecule has 1 aliphatic heterocycles. The molecule has 23 heavy (non-hydrogen) atoms. The van der Waals surface area contributed by atoms with Gasteiger partial charge in [0.05, 0.1) is 11.1 Å². The Hall–Kier alpha value is -2.88. The number of benzene rings is 2. The third-order valence-corrected chi connectivity index (χ3v) is 4.02. The van der Waals surface area contributed by atoms with Gasteiger partial charge in [-0.3, -0.25) is 14.9 Å². The van der Waals surface area contributed by atoms with Crippen molar-refractivity contribution in [2.45, 2.75) is 6.92 Å². The minimum atomic E-state index is -0.342. The van der Waals surface area contributed by atoms with Crippen LogP contribution in [0.2, 0.25) is 0 Å². The maximum atomic E-state index is 12.3. The molecule has 1 heterocycles. The summed E-state index contributed by atoms with van der Waals surface area (Å²) < 4.78 is 0. The summed E-state index contributed by atoms with van der Waals surface area (Å²) in [5.74, 6) is -0.679. The van der Waals surface area contributed by atoms with Crippen LogP contribution in [0.25, 0.3) is 11.1 Å². The Morgan fingerprint density at radius 2 is 1.43 bits per heavy atom. The van der Waals surface area contributed by atoms with Crippen LogP contribution in [0.15, 0.2) is 48.5 Å². The Kier molecular flexibility index (Phi) is 3.74. The molecule has 1 aliphatic rings. The van der Waals surface area contributed by atoms with Gasteiger partial charge in [0.15, 0.2) is 0 Å². The molecule has 4 nitrogen and oxygen atoms in total. The molecule has 4 heteroatoms. The van der Waals surface area contributed by atoms with Gasteiger partial charge in [-0.2, -0.15) is 0 Å². The molecule has 2 aromatic carbocycles. The number of carbonyl (C=O) groups excluding carboxylic acids is 2. The first-order valence-corrected chi connectivity index (χ1v) is 7.42. The third kappa shape index (κ3) is 2.63. The van der Waals surface area contributed by atoms with Crippen LogP contribution in [0.3, 0.4) is 0 Å². The maximum absolute atomic E-state index is 12.3. The van der Waals surface area contributed by atoms with Crippen molar-refractivity contribution in [3.05, 3.63) is 65.2 Å². The summed E-state index contributed by atoms with van der Waals surface area (Å²) in [6, 6.07) is 15.2. The van der Waals surface area contributed by atoms with Crippen molar-refractivity contribution in [1.29, 1.82) is 0 Å². The van der Waals surface area contributed by atoms with Crippen LogP contribution < -0.4 is 10.2 Å². The first-order valence-electron chi connectivity index (χ1n) is 7.42. The molecule has 0 unspecified atom stereocenters. The van der Waals surface area contributed by atoms with Crippen molar-refractivity contribution < 1.29 is 9.59 Å². The van der Waals surface area contributed by atoms with Crippen molar-refractivity contribution in [1.82, 2.24) is 5.32 Å². The van der Waals surface area contributed by atoms with Crippen LogP contribution in [0.4, 0.5) is 5.69 Å². The highest BCUT2D eigenvalue weighted by Crippen LogP contribution is 2.33.